The van der Waals surface area contributed by atoms with E-state index in [4.69, 9.17) is 12.2 Å². The molecule has 0 saturated carbocycles. The van der Waals surface area contributed by atoms with Crippen LogP contribution in [-0.2, 0) is 12.8 Å². The molecule has 0 fully saturated rings. The fraction of sp³-hybridized carbons (Fsp3) is 0.444. The molecule has 0 aliphatic carbocycles. The predicted molar refractivity (Wildman–Crippen MR) is 99.1 cm³/mol. The molecular weight excluding hydrogens is 306 g/mol. The number of rotatable bonds is 7. The summed E-state index contributed by atoms with van der Waals surface area (Å²) in [5.41, 5.74) is 4.01. The molecule has 0 aliphatic heterocycles. The highest BCUT2D eigenvalue weighted by Gasteiger charge is 2.09. The zero-order chi connectivity index (χ0) is 16.8. The van der Waals surface area contributed by atoms with Gasteiger partial charge in [-0.25, -0.2) is 0 Å². The molecule has 2 N–H and O–H groups in total. The third-order valence-corrected chi connectivity index (χ3v) is 4.28. The van der Waals surface area contributed by atoms with E-state index in [-0.39, 0.29) is 5.56 Å². The molecule has 23 heavy (non-hydrogen) atoms. The first-order valence-electron chi connectivity index (χ1n) is 8.27. The molecule has 0 spiro atoms. The average molecular weight is 331 g/mol. The lowest BCUT2D eigenvalue weighted by Gasteiger charge is -2.21. The molecule has 0 saturated heterocycles. The van der Waals surface area contributed by atoms with Gasteiger partial charge < -0.3 is 9.88 Å². The number of hydrogen-bond donors (Lipinski definition) is 2. The van der Waals surface area contributed by atoms with E-state index in [0.717, 1.165) is 42.8 Å². The van der Waals surface area contributed by atoms with Gasteiger partial charge in [-0.2, -0.15) is 0 Å². The van der Waals surface area contributed by atoms with Crippen LogP contribution in [0, 0.1) is 4.77 Å². The second-order valence-electron chi connectivity index (χ2n) is 5.63. The SMILES string of the molecule is CCCc1[nH]c(=S)[nH]c(=O)c1Cc1ccc(N(CC)CC)cc1. The topological polar surface area (TPSA) is 51.9 Å². The minimum absolute atomic E-state index is 0.0787. The van der Waals surface area contributed by atoms with E-state index in [1.54, 1.807) is 0 Å². The first-order chi connectivity index (χ1) is 11.1. The zero-order valence-electron chi connectivity index (χ0n) is 14.1. The Hall–Kier alpha value is -1.88. The van der Waals surface area contributed by atoms with Crippen molar-refractivity contribution >= 4 is 17.9 Å². The van der Waals surface area contributed by atoms with Gasteiger partial charge in [-0.05, 0) is 50.2 Å². The number of nitrogens with one attached hydrogen (secondary N) is 2. The third kappa shape index (κ3) is 4.32. The smallest absolute Gasteiger partial charge is 0.255 e. The van der Waals surface area contributed by atoms with Gasteiger partial charge in [-0.3, -0.25) is 9.78 Å². The van der Waals surface area contributed by atoms with Gasteiger partial charge in [0.1, 0.15) is 0 Å². The minimum atomic E-state index is -0.0787. The van der Waals surface area contributed by atoms with E-state index in [0.29, 0.717) is 11.2 Å². The predicted octanol–water partition coefficient (Wildman–Crippen LogP) is 3.82. The second kappa shape index (κ2) is 8.11. The Bertz CT molecular complexity index is 742. The van der Waals surface area contributed by atoms with Crippen molar-refractivity contribution in [3.63, 3.8) is 0 Å². The highest BCUT2D eigenvalue weighted by molar-refractivity contribution is 7.71. The summed E-state index contributed by atoms with van der Waals surface area (Å²) >= 11 is 5.08. The fourth-order valence-corrected chi connectivity index (χ4v) is 3.04. The normalized spacial score (nSPS) is 10.7. The fourth-order valence-electron chi connectivity index (χ4n) is 2.83. The summed E-state index contributed by atoms with van der Waals surface area (Å²) in [7, 11) is 0. The van der Waals surface area contributed by atoms with Gasteiger partial charge in [0.15, 0.2) is 4.77 Å². The minimum Gasteiger partial charge on any atom is -0.372 e. The van der Waals surface area contributed by atoms with Crippen molar-refractivity contribution in [2.45, 2.75) is 40.0 Å². The van der Waals surface area contributed by atoms with E-state index in [1.807, 2.05) is 0 Å². The summed E-state index contributed by atoms with van der Waals surface area (Å²) in [6.07, 6.45) is 2.43. The zero-order valence-corrected chi connectivity index (χ0v) is 14.9. The molecule has 2 aromatic rings. The van der Waals surface area contributed by atoms with Gasteiger partial charge in [0, 0.05) is 36.5 Å². The molecule has 0 bridgehead atoms. The van der Waals surface area contributed by atoms with Crippen molar-refractivity contribution in [1.29, 1.82) is 0 Å². The van der Waals surface area contributed by atoms with Crippen LogP contribution < -0.4 is 10.5 Å². The number of benzene rings is 1. The average Bonchev–Trinajstić information content (AvgIpc) is 2.53. The van der Waals surface area contributed by atoms with Crippen LogP contribution in [0.5, 0.6) is 0 Å². The Morgan fingerprint density at radius 1 is 1.04 bits per heavy atom. The Kier molecular flexibility index (Phi) is 6.16. The largest absolute Gasteiger partial charge is 0.372 e. The van der Waals surface area contributed by atoms with Crippen LogP contribution in [0.15, 0.2) is 29.1 Å². The molecule has 0 aliphatic rings. The summed E-state index contributed by atoms with van der Waals surface area (Å²) in [5, 5.41) is 0. The number of nitrogens with zero attached hydrogens (tertiary/aromatic N) is 1. The molecule has 0 amide bonds. The lowest BCUT2D eigenvalue weighted by Crippen LogP contribution is -2.21. The summed E-state index contributed by atoms with van der Waals surface area (Å²) in [4.78, 5) is 20.4. The Labute approximate surface area is 142 Å². The van der Waals surface area contributed by atoms with Crippen LogP contribution in [-0.4, -0.2) is 23.1 Å². The molecule has 0 unspecified atom stereocenters. The second-order valence-corrected chi connectivity index (χ2v) is 6.04. The molecule has 124 valence electrons. The van der Waals surface area contributed by atoms with Crippen molar-refractivity contribution in [2.75, 3.05) is 18.0 Å². The molecule has 1 aromatic carbocycles. The Balaban J connectivity index is 2.29. The Morgan fingerprint density at radius 3 is 2.26 bits per heavy atom. The maximum Gasteiger partial charge on any atom is 0.255 e. The summed E-state index contributed by atoms with van der Waals surface area (Å²) in [6.45, 7) is 8.39. The maximum absolute atomic E-state index is 12.3. The molecule has 1 aromatic heterocycles. The van der Waals surface area contributed by atoms with Gasteiger partial charge in [0.05, 0.1) is 0 Å². The van der Waals surface area contributed by atoms with Gasteiger partial charge >= 0.3 is 0 Å². The van der Waals surface area contributed by atoms with E-state index in [9.17, 15) is 4.79 Å². The van der Waals surface area contributed by atoms with Gasteiger partial charge in [-0.15, -0.1) is 0 Å². The van der Waals surface area contributed by atoms with Crippen molar-refractivity contribution in [3.8, 4) is 0 Å². The number of anilines is 1. The first-order valence-corrected chi connectivity index (χ1v) is 8.68. The number of aryl methyl sites for hydroxylation is 1. The van der Waals surface area contributed by atoms with Gasteiger partial charge in [-0.1, -0.05) is 25.5 Å². The molecule has 0 atom stereocenters. The van der Waals surface area contributed by atoms with Gasteiger partial charge in [0.2, 0.25) is 0 Å². The molecule has 5 heteroatoms. The molecule has 1 heterocycles. The van der Waals surface area contributed by atoms with Crippen LogP contribution in [0.1, 0.15) is 44.0 Å². The lowest BCUT2D eigenvalue weighted by atomic mass is 10.0. The molecule has 2 rings (SSSR count). The number of aromatic amines is 2. The quantitative estimate of drug-likeness (QED) is 0.758. The van der Waals surface area contributed by atoms with Crippen LogP contribution >= 0.6 is 12.2 Å². The maximum atomic E-state index is 12.3. The van der Waals surface area contributed by atoms with Crippen LogP contribution in [0.2, 0.25) is 0 Å². The molecular formula is C18H25N3OS. The summed E-state index contributed by atoms with van der Waals surface area (Å²) in [6, 6.07) is 8.46. The van der Waals surface area contributed by atoms with E-state index in [2.05, 4.69) is 59.9 Å². The van der Waals surface area contributed by atoms with Crippen molar-refractivity contribution < 1.29 is 0 Å². The first kappa shape index (κ1) is 17.5. The highest BCUT2D eigenvalue weighted by atomic mass is 32.1. The van der Waals surface area contributed by atoms with Crippen LogP contribution in [0.4, 0.5) is 5.69 Å². The summed E-state index contributed by atoms with van der Waals surface area (Å²) in [5.74, 6) is 0. The highest BCUT2D eigenvalue weighted by Crippen LogP contribution is 2.17. The number of aromatic nitrogens is 2. The lowest BCUT2D eigenvalue weighted by molar-refractivity contribution is 0.832. The van der Waals surface area contributed by atoms with Gasteiger partial charge in [0.25, 0.3) is 5.56 Å². The van der Waals surface area contributed by atoms with E-state index < -0.39 is 0 Å². The molecule has 4 nitrogen and oxygen atoms in total. The van der Waals surface area contributed by atoms with Crippen molar-refractivity contribution in [1.82, 2.24) is 9.97 Å². The third-order valence-electron chi connectivity index (χ3n) is 4.08. The number of H-pyrrole nitrogens is 2. The number of hydrogen-bond acceptors (Lipinski definition) is 3. The molecule has 0 radical (unpaired) electrons. The summed E-state index contributed by atoms with van der Waals surface area (Å²) < 4.78 is 0.402. The Morgan fingerprint density at radius 2 is 1.70 bits per heavy atom. The standard InChI is InChI=1S/C18H25N3OS/c1-4-7-16-15(17(22)20-18(23)19-16)12-13-8-10-14(11-9-13)21(5-2)6-3/h8-11H,4-7,12H2,1-3H3,(H2,19,20,22,23). The van der Waals surface area contributed by atoms with Crippen LogP contribution in [0.3, 0.4) is 0 Å². The van der Waals surface area contributed by atoms with Crippen molar-refractivity contribution in [3.05, 3.63) is 56.2 Å². The van der Waals surface area contributed by atoms with Crippen molar-refractivity contribution in [2.24, 2.45) is 0 Å². The van der Waals surface area contributed by atoms with E-state index >= 15 is 0 Å². The monoisotopic (exact) mass is 331 g/mol. The van der Waals surface area contributed by atoms with E-state index in [1.165, 1.54) is 5.69 Å². The van der Waals surface area contributed by atoms with Crippen LogP contribution in [0.25, 0.3) is 0 Å².